The summed E-state index contributed by atoms with van der Waals surface area (Å²) >= 11 is 2.95. The van der Waals surface area contributed by atoms with Crippen molar-refractivity contribution < 1.29 is 9.21 Å². The molecule has 2 aromatic rings. The molecule has 2 atom stereocenters. The van der Waals surface area contributed by atoms with E-state index in [9.17, 15) is 4.79 Å². The number of thiophene rings is 1. The lowest BCUT2D eigenvalue weighted by atomic mass is 9.79. The van der Waals surface area contributed by atoms with Gasteiger partial charge in [-0.1, -0.05) is 0 Å². The van der Waals surface area contributed by atoms with E-state index in [1.54, 1.807) is 6.20 Å². The predicted octanol–water partition coefficient (Wildman–Crippen LogP) is 3.41. The number of carbonyl (C=O) groups is 1. The molecule has 7 heteroatoms. The lowest BCUT2D eigenvalue weighted by Gasteiger charge is -2.49. The van der Waals surface area contributed by atoms with E-state index < -0.39 is 0 Å². The summed E-state index contributed by atoms with van der Waals surface area (Å²) in [6, 6.07) is 4.56. The summed E-state index contributed by atoms with van der Waals surface area (Å²) in [5, 5.41) is 3.90. The third kappa shape index (κ3) is 3.12. The Labute approximate surface area is 149 Å². The van der Waals surface area contributed by atoms with E-state index in [0.29, 0.717) is 17.2 Å². The van der Waals surface area contributed by atoms with Gasteiger partial charge >= 0.3 is 0 Å². The van der Waals surface area contributed by atoms with Gasteiger partial charge in [0.25, 0.3) is 11.1 Å². The van der Waals surface area contributed by atoms with Gasteiger partial charge in [-0.25, -0.2) is 4.98 Å². The molecule has 0 radical (unpaired) electrons. The van der Waals surface area contributed by atoms with E-state index in [0.717, 1.165) is 14.8 Å². The summed E-state index contributed by atoms with van der Waals surface area (Å²) in [6.45, 7) is 6.46. The molecule has 0 aromatic carbocycles. The molecule has 0 saturated carbocycles. The monoisotopic (exact) mass is 363 g/mol. The first-order valence-electron chi connectivity index (χ1n) is 8.35. The molecule has 1 amide bonds. The van der Waals surface area contributed by atoms with Crippen molar-refractivity contribution in [1.29, 1.82) is 0 Å². The number of carbonyl (C=O) groups excluding carboxylic acids is 1. The van der Waals surface area contributed by atoms with E-state index in [4.69, 9.17) is 4.42 Å². The fraction of sp³-hybridized carbons (Fsp3) is 0.529. The van der Waals surface area contributed by atoms with Gasteiger partial charge in [-0.15, -0.1) is 11.3 Å². The maximum absolute atomic E-state index is 12.6. The van der Waals surface area contributed by atoms with E-state index in [-0.39, 0.29) is 11.9 Å². The number of nitrogens with zero attached hydrogens (tertiary/aromatic N) is 2. The predicted molar refractivity (Wildman–Crippen MR) is 94.7 cm³/mol. The molecule has 128 valence electrons. The molecular weight excluding hydrogens is 342 g/mol. The molecule has 3 saturated heterocycles. The van der Waals surface area contributed by atoms with Gasteiger partial charge in [-0.05, 0) is 69.6 Å². The molecule has 3 fully saturated rings. The number of nitrogens with one attached hydrogen (secondary N) is 1. The van der Waals surface area contributed by atoms with Crippen molar-refractivity contribution in [2.75, 3.05) is 13.1 Å². The normalized spacial score (nSPS) is 28.9. The second-order valence-corrected chi connectivity index (χ2v) is 8.91. The number of rotatable bonds is 4. The van der Waals surface area contributed by atoms with Gasteiger partial charge < -0.3 is 9.73 Å². The number of aromatic nitrogens is 1. The summed E-state index contributed by atoms with van der Waals surface area (Å²) in [5.74, 6) is 1.46. The summed E-state index contributed by atoms with van der Waals surface area (Å²) < 4.78 is 6.50. The Morgan fingerprint density at radius 3 is 2.88 bits per heavy atom. The molecule has 0 aliphatic carbocycles. The highest BCUT2D eigenvalue weighted by Crippen LogP contribution is 2.34. The average Bonchev–Trinajstić information content (AvgIpc) is 3.21. The van der Waals surface area contributed by atoms with Crippen LogP contribution in [0.2, 0.25) is 0 Å². The molecule has 2 unspecified atom stereocenters. The van der Waals surface area contributed by atoms with E-state index in [1.807, 2.05) is 19.1 Å². The van der Waals surface area contributed by atoms with Crippen LogP contribution in [0, 0.1) is 12.8 Å². The molecule has 2 bridgehead atoms. The van der Waals surface area contributed by atoms with Crippen LogP contribution in [0.4, 0.5) is 0 Å². The first-order chi connectivity index (χ1) is 11.6. The fourth-order valence-corrected chi connectivity index (χ4v) is 5.61. The van der Waals surface area contributed by atoms with Crippen molar-refractivity contribution in [3.05, 3.63) is 29.0 Å². The van der Waals surface area contributed by atoms with Gasteiger partial charge in [0.2, 0.25) is 0 Å². The van der Waals surface area contributed by atoms with E-state index >= 15 is 0 Å². The fourth-order valence-electron chi connectivity index (χ4n) is 3.73. The van der Waals surface area contributed by atoms with Gasteiger partial charge in [0.05, 0.1) is 15.3 Å². The van der Waals surface area contributed by atoms with Crippen LogP contribution in [0.5, 0.6) is 0 Å². The molecule has 1 N–H and O–H groups in total. The zero-order valence-electron chi connectivity index (χ0n) is 13.8. The Morgan fingerprint density at radius 2 is 2.21 bits per heavy atom. The van der Waals surface area contributed by atoms with Crippen molar-refractivity contribution in [3.63, 3.8) is 0 Å². The largest absolute Gasteiger partial charge is 0.437 e. The third-order valence-corrected chi connectivity index (χ3v) is 7.15. The second-order valence-electron chi connectivity index (χ2n) is 6.57. The van der Waals surface area contributed by atoms with Crippen molar-refractivity contribution in [3.8, 4) is 0 Å². The zero-order chi connectivity index (χ0) is 16.7. The van der Waals surface area contributed by atoms with Crippen LogP contribution >= 0.6 is 23.1 Å². The number of hydrogen-bond acceptors (Lipinski definition) is 6. The number of amides is 1. The number of hydrogen-bond donors (Lipinski definition) is 1. The Hall–Kier alpha value is -1.31. The van der Waals surface area contributed by atoms with Crippen molar-refractivity contribution >= 4 is 29.0 Å². The van der Waals surface area contributed by atoms with Gasteiger partial charge in [-0.2, -0.15) is 0 Å². The zero-order valence-corrected chi connectivity index (χ0v) is 15.5. The minimum Gasteiger partial charge on any atom is -0.437 e. The number of fused-ring (bicyclic) bond motifs is 3. The first-order valence-corrected chi connectivity index (χ1v) is 9.98. The summed E-state index contributed by atoms with van der Waals surface area (Å²) in [4.78, 5) is 20.1. The van der Waals surface area contributed by atoms with Crippen LogP contribution in [-0.2, 0) is 0 Å². The summed E-state index contributed by atoms with van der Waals surface area (Å²) in [6.07, 6.45) is 4.10. The minimum absolute atomic E-state index is 0.0426. The number of oxazole rings is 1. The highest BCUT2D eigenvalue weighted by Gasteiger charge is 2.40. The topological polar surface area (TPSA) is 58.4 Å². The molecule has 5 nitrogen and oxygen atoms in total. The Morgan fingerprint density at radius 1 is 1.42 bits per heavy atom. The molecular formula is C17H21N3O2S2. The summed E-state index contributed by atoms with van der Waals surface area (Å²) in [5.41, 5.74) is 0. The van der Waals surface area contributed by atoms with E-state index in [2.05, 4.69) is 22.1 Å². The van der Waals surface area contributed by atoms with Gasteiger partial charge in [-0.3, -0.25) is 9.69 Å². The highest BCUT2D eigenvalue weighted by atomic mass is 32.2. The van der Waals surface area contributed by atoms with Gasteiger partial charge in [0.15, 0.2) is 0 Å². The number of aryl methyl sites for hydroxylation is 1. The van der Waals surface area contributed by atoms with Crippen molar-refractivity contribution in [1.82, 2.24) is 15.2 Å². The lowest BCUT2D eigenvalue weighted by molar-refractivity contribution is 0.0218. The lowest BCUT2D eigenvalue weighted by Crippen LogP contribution is -2.62. The van der Waals surface area contributed by atoms with Crippen molar-refractivity contribution in [2.45, 2.75) is 48.2 Å². The van der Waals surface area contributed by atoms with Crippen LogP contribution in [0.25, 0.3) is 0 Å². The highest BCUT2D eigenvalue weighted by molar-refractivity contribution is 8.01. The molecule has 0 spiro atoms. The molecule has 2 aromatic heterocycles. The molecule has 3 aliphatic heterocycles. The molecule has 3 aliphatic rings. The van der Waals surface area contributed by atoms with Crippen LogP contribution < -0.4 is 5.32 Å². The first kappa shape index (κ1) is 16.2. The van der Waals surface area contributed by atoms with Crippen LogP contribution in [0.3, 0.4) is 0 Å². The Bertz CT molecular complexity index is 732. The van der Waals surface area contributed by atoms with Crippen LogP contribution in [0.1, 0.15) is 35.2 Å². The molecule has 24 heavy (non-hydrogen) atoms. The SMILES string of the molecule is Cc1cnc(Sc2ccc(C(=O)NC3C4CCN(CC4)C3C)s2)o1. The maximum atomic E-state index is 12.6. The Balaban J connectivity index is 1.41. The van der Waals surface area contributed by atoms with Gasteiger partial charge in [0.1, 0.15) is 5.76 Å². The Kier molecular flexibility index (Phi) is 4.40. The average molecular weight is 364 g/mol. The number of piperidine rings is 3. The standard InChI is InChI=1S/C17H21N3O2S2/c1-10-9-18-17(22-10)24-14-4-3-13(23-14)16(21)19-15-11(2)20-7-5-12(15)6-8-20/h3-4,9,11-12,15H,5-8H2,1-2H3,(H,19,21). The van der Waals surface area contributed by atoms with E-state index in [1.165, 1.54) is 49.0 Å². The molecule has 5 rings (SSSR count). The minimum atomic E-state index is 0.0426. The van der Waals surface area contributed by atoms with Crippen molar-refractivity contribution in [2.24, 2.45) is 5.92 Å². The van der Waals surface area contributed by atoms with Gasteiger partial charge in [0, 0.05) is 12.1 Å². The quantitative estimate of drug-likeness (QED) is 0.902. The second kappa shape index (κ2) is 6.54. The smallest absolute Gasteiger partial charge is 0.261 e. The third-order valence-electron chi connectivity index (χ3n) is 5.07. The molecule has 5 heterocycles. The van der Waals surface area contributed by atoms with Crippen LogP contribution in [0.15, 0.2) is 32.2 Å². The van der Waals surface area contributed by atoms with Crippen LogP contribution in [-0.4, -0.2) is 41.0 Å². The maximum Gasteiger partial charge on any atom is 0.261 e. The summed E-state index contributed by atoms with van der Waals surface area (Å²) in [7, 11) is 0.